The number of carbonyl (C=O) groups excluding carboxylic acids is 2. The van der Waals surface area contributed by atoms with E-state index in [2.05, 4.69) is 6.07 Å². The van der Waals surface area contributed by atoms with Gasteiger partial charge in [-0.3, -0.25) is 9.59 Å². The van der Waals surface area contributed by atoms with Crippen molar-refractivity contribution in [3.63, 3.8) is 0 Å². The summed E-state index contributed by atoms with van der Waals surface area (Å²) in [7, 11) is 6.64. The number of rotatable bonds is 6. The number of fused-ring (bicyclic) bond motifs is 1. The second-order valence-corrected chi connectivity index (χ2v) is 10.7. The molecule has 0 bridgehead atoms. The van der Waals surface area contributed by atoms with Crippen LogP contribution in [0.4, 0.5) is 0 Å². The molecular formula is C31H42N2O6. The molecule has 4 rings (SSSR count). The fraction of sp³-hybridized carbons (Fsp3) is 0.548. The molecule has 1 spiro atoms. The van der Waals surface area contributed by atoms with Crippen LogP contribution in [-0.4, -0.2) is 76.2 Å². The lowest BCUT2D eigenvalue weighted by molar-refractivity contribution is -0.137. The Kier molecular flexibility index (Phi) is 9.59. The van der Waals surface area contributed by atoms with Crippen molar-refractivity contribution >= 4 is 11.8 Å². The summed E-state index contributed by atoms with van der Waals surface area (Å²) in [5, 5.41) is 0. The molecule has 1 fully saturated rings. The molecule has 2 aliphatic heterocycles. The highest BCUT2D eigenvalue weighted by molar-refractivity contribution is 5.78. The number of ether oxygens (including phenoxy) is 4. The highest BCUT2D eigenvalue weighted by Crippen LogP contribution is 2.41. The second-order valence-electron chi connectivity index (χ2n) is 10.7. The van der Waals surface area contributed by atoms with Crippen molar-refractivity contribution in [1.29, 1.82) is 0 Å². The topological polar surface area (TPSA) is 77.5 Å². The maximum atomic E-state index is 13.2. The Labute approximate surface area is 232 Å². The largest absolute Gasteiger partial charge is 0.493 e. The third kappa shape index (κ3) is 6.78. The Morgan fingerprint density at radius 1 is 0.949 bits per heavy atom. The van der Waals surface area contributed by atoms with Gasteiger partial charge >= 0.3 is 0 Å². The van der Waals surface area contributed by atoms with Gasteiger partial charge in [0.1, 0.15) is 5.75 Å². The number of amides is 2. The number of likely N-dealkylation sites (tertiary alicyclic amines) is 1. The van der Waals surface area contributed by atoms with E-state index in [1.54, 1.807) is 21.3 Å². The Bertz CT molecular complexity index is 1140. The summed E-state index contributed by atoms with van der Waals surface area (Å²) < 4.78 is 22.4. The van der Waals surface area contributed by atoms with Crippen molar-refractivity contribution in [2.45, 2.75) is 51.4 Å². The van der Waals surface area contributed by atoms with E-state index in [9.17, 15) is 9.59 Å². The fourth-order valence-electron chi connectivity index (χ4n) is 5.99. The Hall–Kier alpha value is -3.42. The van der Waals surface area contributed by atoms with E-state index in [1.165, 1.54) is 0 Å². The molecule has 2 aromatic rings. The van der Waals surface area contributed by atoms with Crippen molar-refractivity contribution < 1.29 is 28.5 Å². The first-order chi connectivity index (χ1) is 18.9. The molecule has 8 heteroatoms. The molecule has 0 saturated carbocycles. The van der Waals surface area contributed by atoms with Crippen molar-refractivity contribution in [3.05, 3.63) is 47.5 Å². The molecule has 0 N–H and O–H groups in total. The summed E-state index contributed by atoms with van der Waals surface area (Å²) in [5.74, 6) is 2.69. The van der Waals surface area contributed by atoms with Gasteiger partial charge in [0.2, 0.25) is 11.7 Å². The molecule has 2 amide bonds. The number of carbonyl (C=O) groups is 2. The van der Waals surface area contributed by atoms with Crippen LogP contribution in [0.25, 0.3) is 0 Å². The van der Waals surface area contributed by atoms with Crippen molar-refractivity contribution in [3.8, 4) is 23.0 Å². The van der Waals surface area contributed by atoms with Crippen molar-refractivity contribution in [2.75, 3.05) is 54.6 Å². The number of para-hydroxylation sites is 1. The van der Waals surface area contributed by atoms with E-state index < -0.39 is 0 Å². The second kappa shape index (κ2) is 13.1. The smallest absolute Gasteiger partial charge is 0.260 e. The zero-order valence-electron chi connectivity index (χ0n) is 23.8. The maximum absolute atomic E-state index is 13.2. The molecule has 8 nitrogen and oxygen atoms in total. The number of piperidine rings is 1. The van der Waals surface area contributed by atoms with E-state index in [0.29, 0.717) is 49.7 Å². The molecule has 0 radical (unpaired) electrons. The lowest BCUT2D eigenvalue weighted by atomic mass is 9.73. The van der Waals surface area contributed by atoms with Crippen LogP contribution in [0.15, 0.2) is 36.4 Å². The van der Waals surface area contributed by atoms with Crippen LogP contribution in [0.1, 0.15) is 49.7 Å². The molecule has 0 atom stereocenters. The van der Waals surface area contributed by atoms with Gasteiger partial charge in [-0.15, -0.1) is 0 Å². The minimum Gasteiger partial charge on any atom is -0.493 e. The van der Waals surface area contributed by atoms with Crippen LogP contribution < -0.4 is 18.9 Å². The highest BCUT2D eigenvalue weighted by atomic mass is 16.5. The fourth-order valence-corrected chi connectivity index (χ4v) is 5.99. The van der Waals surface area contributed by atoms with Gasteiger partial charge in [0.15, 0.2) is 18.1 Å². The third-order valence-electron chi connectivity index (χ3n) is 8.30. The summed E-state index contributed by atoms with van der Waals surface area (Å²) in [6, 6.07) is 11.8. The first kappa shape index (κ1) is 28.6. The van der Waals surface area contributed by atoms with Gasteiger partial charge in [0.25, 0.3) is 5.91 Å². The lowest BCUT2D eigenvalue weighted by Crippen LogP contribution is -2.49. The summed E-state index contributed by atoms with van der Waals surface area (Å²) in [4.78, 5) is 29.9. The van der Waals surface area contributed by atoms with Gasteiger partial charge in [-0.25, -0.2) is 0 Å². The molecule has 39 heavy (non-hydrogen) atoms. The minimum atomic E-state index is -0.00729. The predicted octanol–water partition coefficient (Wildman–Crippen LogP) is 4.52. The van der Waals surface area contributed by atoms with E-state index in [4.69, 9.17) is 18.9 Å². The normalized spacial score (nSPS) is 17.9. The standard InChI is InChI=1S/C31H42N2O6/c1-32-22-31(16-8-7-10-23-9-5-6-11-25(23)39-21-28(32)35)17-19-33(20-18-31)27(34)15-13-24-12-14-26(36-2)30(38-4)29(24)37-3/h5-6,9,11-12,14H,7-8,10,13,15-22H2,1-4H3. The first-order valence-corrected chi connectivity index (χ1v) is 13.9. The average molecular weight is 539 g/mol. The van der Waals surface area contributed by atoms with Gasteiger partial charge in [-0.05, 0) is 67.2 Å². The van der Waals surface area contributed by atoms with Gasteiger partial charge in [0, 0.05) is 33.1 Å². The molecule has 0 aliphatic carbocycles. The van der Waals surface area contributed by atoms with Crippen LogP contribution in [0.2, 0.25) is 0 Å². The lowest BCUT2D eigenvalue weighted by Gasteiger charge is -2.44. The molecule has 2 aliphatic rings. The third-order valence-corrected chi connectivity index (χ3v) is 8.30. The zero-order chi connectivity index (χ0) is 27.8. The van der Waals surface area contributed by atoms with E-state index >= 15 is 0 Å². The number of aryl methyl sites for hydroxylation is 2. The summed E-state index contributed by atoms with van der Waals surface area (Å²) in [6.07, 6.45) is 6.91. The molecule has 212 valence electrons. The number of likely N-dealkylation sites (N-methyl/N-ethyl adjacent to an activating group) is 1. The number of hydrogen-bond acceptors (Lipinski definition) is 6. The quantitative estimate of drug-likeness (QED) is 0.538. The molecule has 1 saturated heterocycles. The molecule has 0 unspecified atom stereocenters. The Balaban J connectivity index is 1.37. The molecule has 2 aromatic carbocycles. The number of hydrogen-bond donors (Lipinski definition) is 0. The Morgan fingerprint density at radius 3 is 2.41 bits per heavy atom. The maximum Gasteiger partial charge on any atom is 0.260 e. The number of methoxy groups -OCH3 is 3. The first-order valence-electron chi connectivity index (χ1n) is 13.9. The predicted molar refractivity (Wildman–Crippen MR) is 150 cm³/mol. The van der Waals surface area contributed by atoms with Gasteiger partial charge in [0.05, 0.1) is 21.3 Å². The van der Waals surface area contributed by atoms with Gasteiger partial charge in [-0.1, -0.05) is 30.7 Å². The van der Waals surface area contributed by atoms with Crippen LogP contribution in [-0.2, 0) is 22.4 Å². The van der Waals surface area contributed by atoms with E-state index in [1.807, 2.05) is 47.2 Å². The summed E-state index contributed by atoms with van der Waals surface area (Å²) in [5.41, 5.74) is 2.10. The number of nitrogens with zero attached hydrogens (tertiary/aromatic N) is 2. The monoisotopic (exact) mass is 538 g/mol. The summed E-state index contributed by atoms with van der Waals surface area (Å²) >= 11 is 0. The van der Waals surface area contributed by atoms with E-state index in [0.717, 1.165) is 55.4 Å². The minimum absolute atomic E-state index is 0.00729. The SMILES string of the molecule is COc1ccc(CCC(=O)N2CCC3(CCCCc4ccccc4OCC(=O)N(C)C3)CC2)c(OC)c1OC. The van der Waals surface area contributed by atoms with Gasteiger partial charge < -0.3 is 28.7 Å². The van der Waals surface area contributed by atoms with E-state index in [-0.39, 0.29) is 23.8 Å². The van der Waals surface area contributed by atoms with Crippen molar-refractivity contribution in [1.82, 2.24) is 9.80 Å². The zero-order valence-corrected chi connectivity index (χ0v) is 23.8. The molecule has 2 heterocycles. The Morgan fingerprint density at radius 2 is 1.69 bits per heavy atom. The average Bonchev–Trinajstić information content (AvgIpc) is 2.96. The number of benzene rings is 2. The van der Waals surface area contributed by atoms with Crippen LogP contribution in [0.3, 0.4) is 0 Å². The van der Waals surface area contributed by atoms with Crippen molar-refractivity contribution in [2.24, 2.45) is 5.41 Å². The highest BCUT2D eigenvalue weighted by Gasteiger charge is 2.37. The summed E-state index contributed by atoms with van der Waals surface area (Å²) in [6.45, 7) is 2.17. The van der Waals surface area contributed by atoms with Crippen LogP contribution in [0, 0.1) is 5.41 Å². The van der Waals surface area contributed by atoms with Crippen LogP contribution in [0.5, 0.6) is 23.0 Å². The molecular weight excluding hydrogens is 496 g/mol. The van der Waals surface area contributed by atoms with Crippen LogP contribution >= 0.6 is 0 Å². The van der Waals surface area contributed by atoms with Gasteiger partial charge in [-0.2, -0.15) is 0 Å². The molecule has 0 aromatic heterocycles.